The van der Waals surface area contributed by atoms with Gasteiger partial charge in [-0.15, -0.1) is 0 Å². The molecule has 0 spiro atoms. The molecule has 144 valence electrons. The molecule has 0 saturated carbocycles. The lowest BCUT2D eigenvalue weighted by Crippen LogP contribution is -2.12. The number of benzene rings is 2. The number of carbonyl (C=O) groups is 1. The molecule has 6 nitrogen and oxygen atoms in total. The van der Waals surface area contributed by atoms with Crippen molar-refractivity contribution in [1.82, 2.24) is 0 Å². The summed E-state index contributed by atoms with van der Waals surface area (Å²) in [6, 6.07) is 14.0. The van der Waals surface area contributed by atoms with E-state index in [1.54, 1.807) is 37.3 Å². The highest BCUT2D eigenvalue weighted by molar-refractivity contribution is 8.18. The van der Waals surface area contributed by atoms with Crippen LogP contribution < -0.4 is 4.74 Å². The molecule has 0 unspecified atom stereocenters. The SMILES string of the molecule is CCOC(=O)C1=C(O)/C(=C\c2ccc(O)c(OC)c2)SC1=Nc1ccccc1. The third-order valence-electron chi connectivity index (χ3n) is 3.86. The van der Waals surface area contributed by atoms with Gasteiger partial charge >= 0.3 is 5.97 Å². The lowest BCUT2D eigenvalue weighted by atomic mass is 10.1. The molecule has 2 N–H and O–H groups in total. The van der Waals surface area contributed by atoms with Crippen LogP contribution >= 0.6 is 11.8 Å². The number of ether oxygens (including phenoxy) is 2. The molecule has 0 fully saturated rings. The van der Waals surface area contributed by atoms with Gasteiger partial charge in [-0.3, -0.25) is 0 Å². The van der Waals surface area contributed by atoms with E-state index < -0.39 is 5.97 Å². The number of aliphatic hydroxyl groups is 1. The molecule has 0 bridgehead atoms. The molecule has 0 amide bonds. The Labute approximate surface area is 166 Å². The molecule has 2 aromatic carbocycles. The molecular weight excluding hydrogens is 378 g/mol. The number of hydrogen-bond donors (Lipinski definition) is 2. The Bertz CT molecular complexity index is 980. The van der Waals surface area contributed by atoms with Crippen molar-refractivity contribution < 1.29 is 24.5 Å². The Hall–Kier alpha value is -3.19. The fourth-order valence-corrected chi connectivity index (χ4v) is 3.58. The van der Waals surface area contributed by atoms with E-state index in [0.29, 0.717) is 26.9 Å². The molecule has 0 atom stereocenters. The monoisotopic (exact) mass is 397 g/mol. The largest absolute Gasteiger partial charge is 0.506 e. The summed E-state index contributed by atoms with van der Waals surface area (Å²) in [7, 11) is 1.46. The van der Waals surface area contributed by atoms with Crippen LogP contribution in [0.15, 0.2) is 69.8 Å². The third kappa shape index (κ3) is 4.20. The number of nitrogens with zero attached hydrogens (tertiary/aromatic N) is 1. The Morgan fingerprint density at radius 3 is 2.61 bits per heavy atom. The van der Waals surface area contributed by atoms with Crippen molar-refractivity contribution in [3.05, 3.63) is 70.3 Å². The highest BCUT2D eigenvalue weighted by atomic mass is 32.2. The number of aliphatic imine (C=N–C) groups is 1. The van der Waals surface area contributed by atoms with Gasteiger partial charge in [-0.1, -0.05) is 36.0 Å². The van der Waals surface area contributed by atoms with E-state index in [1.807, 2.05) is 18.2 Å². The van der Waals surface area contributed by atoms with Crippen molar-refractivity contribution in [2.24, 2.45) is 4.99 Å². The summed E-state index contributed by atoms with van der Waals surface area (Å²) in [4.78, 5) is 17.3. The van der Waals surface area contributed by atoms with E-state index in [0.717, 1.165) is 0 Å². The second-order valence-corrected chi connectivity index (χ2v) is 6.77. The molecule has 0 radical (unpaired) electrons. The molecular formula is C21H19NO5S. The second kappa shape index (κ2) is 8.67. The van der Waals surface area contributed by atoms with Gasteiger partial charge in [-0.05, 0) is 42.8 Å². The van der Waals surface area contributed by atoms with Crippen molar-refractivity contribution >= 4 is 34.5 Å². The number of thioether (sulfide) groups is 1. The van der Waals surface area contributed by atoms with Crippen molar-refractivity contribution in [3.63, 3.8) is 0 Å². The van der Waals surface area contributed by atoms with E-state index in [4.69, 9.17) is 9.47 Å². The highest BCUT2D eigenvalue weighted by Crippen LogP contribution is 2.40. The lowest BCUT2D eigenvalue weighted by Gasteiger charge is -2.04. The van der Waals surface area contributed by atoms with Gasteiger partial charge in [0.05, 0.1) is 24.3 Å². The minimum absolute atomic E-state index is 0.0158. The number of aliphatic hydroxyl groups excluding tert-OH is 1. The van der Waals surface area contributed by atoms with Gasteiger partial charge < -0.3 is 19.7 Å². The molecule has 1 aliphatic rings. The van der Waals surface area contributed by atoms with Crippen molar-refractivity contribution in [3.8, 4) is 11.5 Å². The van der Waals surface area contributed by atoms with Crippen LogP contribution in [0.1, 0.15) is 12.5 Å². The predicted molar refractivity (Wildman–Crippen MR) is 110 cm³/mol. The van der Waals surface area contributed by atoms with Crippen LogP contribution in [0.25, 0.3) is 6.08 Å². The number of para-hydroxylation sites is 1. The average molecular weight is 397 g/mol. The number of esters is 1. The summed E-state index contributed by atoms with van der Waals surface area (Å²) in [6.45, 7) is 1.89. The van der Waals surface area contributed by atoms with Crippen LogP contribution in [0.2, 0.25) is 0 Å². The van der Waals surface area contributed by atoms with Gasteiger partial charge in [0.2, 0.25) is 0 Å². The number of rotatable bonds is 5. The summed E-state index contributed by atoms with van der Waals surface area (Å²) in [6.07, 6.45) is 1.69. The van der Waals surface area contributed by atoms with Crippen molar-refractivity contribution in [2.75, 3.05) is 13.7 Å². The number of carbonyl (C=O) groups excluding carboxylic acids is 1. The summed E-state index contributed by atoms with van der Waals surface area (Å²) in [5, 5.41) is 20.8. The standard InChI is InChI=1S/C21H19NO5S/c1-3-27-21(25)18-19(24)17(12-13-9-10-15(23)16(11-13)26-2)28-20(18)22-14-7-5-4-6-8-14/h4-12,23-24H,3H2,1-2H3/b17-12+,22-20?. The molecule has 1 aliphatic heterocycles. The van der Waals surface area contributed by atoms with Crippen LogP contribution in [0.4, 0.5) is 5.69 Å². The summed E-state index contributed by atoms with van der Waals surface area (Å²) >= 11 is 1.17. The molecule has 7 heteroatoms. The maximum absolute atomic E-state index is 12.4. The van der Waals surface area contributed by atoms with E-state index in [-0.39, 0.29) is 23.7 Å². The smallest absolute Gasteiger partial charge is 0.344 e. The minimum Gasteiger partial charge on any atom is -0.506 e. The Kier molecular flexibility index (Phi) is 6.06. The van der Waals surface area contributed by atoms with Crippen LogP contribution in [0.3, 0.4) is 0 Å². The molecule has 2 aromatic rings. The molecule has 0 aromatic heterocycles. The van der Waals surface area contributed by atoms with Gasteiger partial charge in [-0.25, -0.2) is 9.79 Å². The molecule has 0 aliphatic carbocycles. The van der Waals surface area contributed by atoms with E-state index in [2.05, 4.69) is 4.99 Å². The third-order valence-corrected chi connectivity index (χ3v) is 4.88. The number of aromatic hydroxyl groups is 1. The number of methoxy groups -OCH3 is 1. The number of phenolic OH excluding ortho intramolecular Hbond substituents is 1. The van der Waals surface area contributed by atoms with Gasteiger partial charge in [0, 0.05) is 0 Å². The second-order valence-electron chi connectivity index (χ2n) is 5.74. The predicted octanol–water partition coefficient (Wildman–Crippen LogP) is 4.59. The first-order valence-corrected chi connectivity index (χ1v) is 9.36. The normalized spacial score (nSPS) is 16.6. The average Bonchev–Trinajstić information content (AvgIpc) is 2.99. The maximum atomic E-state index is 12.4. The first kappa shape index (κ1) is 19.6. The fraction of sp³-hybridized carbons (Fsp3) is 0.143. The Morgan fingerprint density at radius 1 is 1.18 bits per heavy atom. The Balaban J connectivity index is 2.04. The number of hydrogen-bond acceptors (Lipinski definition) is 7. The van der Waals surface area contributed by atoms with E-state index in [1.165, 1.54) is 24.9 Å². The van der Waals surface area contributed by atoms with Gasteiger partial charge in [0.15, 0.2) is 11.5 Å². The summed E-state index contributed by atoms with van der Waals surface area (Å²) < 4.78 is 10.2. The minimum atomic E-state index is -0.631. The first-order chi connectivity index (χ1) is 13.5. The van der Waals surface area contributed by atoms with E-state index in [9.17, 15) is 15.0 Å². The highest BCUT2D eigenvalue weighted by Gasteiger charge is 2.33. The summed E-state index contributed by atoms with van der Waals surface area (Å²) in [5.74, 6) is -0.495. The zero-order valence-corrected chi connectivity index (χ0v) is 16.2. The molecule has 28 heavy (non-hydrogen) atoms. The number of phenols is 1. The molecule has 3 rings (SSSR count). The molecule has 1 heterocycles. The van der Waals surface area contributed by atoms with Crippen LogP contribution in [0, 0.1) is 0 Å². The molecule has 0 saturated heterocycles. The van der Waals surface area contributed by atoms with Crippen LogP contribution in [-0.4, -0.2) is 34.9 Å². The van der Waals surface area contributed by atoms with E-state index >= 15 is 0 Å². The zero-order valence-electron chi connectivity index (χ0n) is 15.4. The van der Waals surface area contributed by atoms with Gasteiger partial charge in [-0.2, -0.15) is 0 Å². The summed E-state index contributed by atoms with van der Waals surface area (Å²) in [5.41, 5.74) is 1.38. The van der Waals surface area contributed by atoms with Crippen molar-refractivity contribution in [1.29, 1.82) is 0 Å². The first-order valence-electron chi connectivity index (χ1n) is 8.55. The maximum Gasteiger partial charge on any atom is 0.344 e. The quantitative estimate of drug-likeness (QED) is 0.717. The van der Waals surface area contributed by atoms with Gasteiger partial charge in [0.1, 0.15) is 16.4 Å². The zero-order chi connectivity index (χ0) is 20.1. The van der Waals surface area contributed by atoms with Crippen molar-refractivity contribution in [2.45, 2.75) is 6.92 Å². The Morgan fingerprint density at radius 2 is 1.93 bits per heavy atom. The van der Waals surface area contributed by atoms with Crippen LogP contribution in [-0.2, 0) is 9.53 Å². The van der Waals surface area contributed by atoms with Crippen LogP contribution in [0.5, 0.6) is 11.5 Å². The topological polar surface area (TPSA) is 88.4 Å². The fourth-order valence-electron chi connectivity index (χ4n) is 2.55. The lowest BCUT2D eigenvalue weighted by molar-refractivity contribution is -0.138. The van der Waals surface area contributed by atoms with Gasteiger partial charge in [0.25, 0.3) is 0 Å².